The van der Waals surface area contributed by atoms with Gasteiger partial charge in [0.25, 0.3) is 0 Å². The minimum atomic E-state index is -0.249. The van der Waals surface area contributed by atoms with Crippen molar-refractivity contribution in [2.24, 2.45) is 5.92 Å². The normalized spacial score (nSPS) is 14.8. The van der Waals surface area contributed by atoms with Crippen molar-refractivity contribution in [1.82, 2.24) is 24.6 Å². The Morgan fingerprint density at radius 3 is 2.46 bits per heavy atom. The number of amides is 2. The molecule has 4 aromatic rings. The maximum Gasteiger partial charge on any atom is 0.318 e. The molecule has 2 aromatic heterocycles. The van der Waals surface area contributed by atoms with Gasteiger partial charge in [0.2, 0.25) is 0 Å². The van der Waals surface area contributed by atoms with Gasteiger partial charge in [-0.25, -0.2) is 9.48 Å². The van der Waals surface area contributed by atoms with Crippen molar-refractivity contribution in [3.63, 3.8) is 0 Å². The Bertz CT molecular complexity index is 1370. The van der Waals surface area contributed by atoms with Crippen molar-refractivity contribution in [2.75, 3.05) is 25.5 Å². The first-order valence-corrected chi connectivity index (χ1v) is 13.0. The van der Waals surface area contributed by atoms with Crippen molar-refractivity contribution in [3.05, 3.63) is 95.4 Å². The second-order valence-corrected chi connectivity index (χ2v) is 10.4. The van der Waals surface area contributed by atoms with Crippen LogP contribution >= 0.6 is 0 Å². The van der Waals surface area contributed by atoms with E-state index in [1.807, 2.05) is 48.8 Å². The molecule has 7 nitrogen and oxygen atoms in total. The number of benzene rings is 2. The topological polar surface area (TPSA) is 58.3 Å². The van der Waals surface area contributed by atoms with Crippen LogP contribution in [0.3, 0.4) is 0 Å². The zero-order chi connectivity index (χ0) is 26.1. The average Bonchev–Trinajstić information content (AvgIpc) is 3.45. The zero-order valence-electron chi connectivity index (χ0n) is 22.3. The molecule has 37 heavy (non-hydrogen) atoms. The molecule has 2 amide bonds. The largest absolute Gasteiger partial charge is 0.378 e. The molecule has 1 aliphatic heterocycles. The molecule has 0 saturated carbocycles. The Morgan fingerprint density at radius 2 is 1.78 bits per heavy atom. The fourth-order valence-electron chi connectivity index (χ4n) is 5.02. The Balaban J connectivity index is 1.65. The van der Waals surface area contributed by atoms with E-state index >= 15 is 0 Å². The number of aromatic nitrogens is 3. The summed E-state index contributed by atoms with van der Waals surface area (Å²) < 4.78 is 4.20. The fraction of sp³-hybridized carbons (Fsp3) is 0.333. The van der Waals surface area contributed by atoms with Gasteiger partial charge in [-0.1, -0.05) is 44.2 Å². The summed E-state index contributed by atoms with van der Waals surface area (Å²) in [5.74, 6) is 1.50. The number of para-hydroxylation sites is 1. The first-order chi connectivity index (χ1) is 17.8. The molecule has 2 aromatic carbocycles. The molecule has 7 heteroatoms. The first kappa shape index (κ1) is 24.7. The van der Waals surface area contributed by atoms with Gasteiger partial charge >= 0.3 is 6.03 Å². The summed E-state index contributed by atoms with van der Waals surface area (Å²) >= 11 is 0. The van der Waals surface area contributed by atoms with Gasteiger partial charge in [-0.2, -0.15) is 5.10 Å². The summed E-state index contributed by atoms with van der Waals surface area (Å²) in [7, 11) is 4.07. The number of carbonyl (C=O) groups is 1. The van der Waals surface area contributed by atoms with Crippen molar-refractivity contribution >= 4 is 11.7 Å². The predicted octanol–water partition coefficient (Wildman–Crippen LogP) is 5.70. The van der Waals surface area contributed by atoms with E-state index in [-0.39, 0.29) is 12.1 Å². The van der Waals surface area contributed by atoms with E-state index in [1.165, 1.54) is 0 Å². The number of nitrogens with zero attached hydrogens (tertiary/aromatic N) is 5. The molecule has 1 aliphatic rings. The third kappa shape index (κ3) is 4.73. The highest BCUT2D eigenvalue weighted by atomic mass is 16.2. The smallest absolute Gasteiger partial charge is 0.318 e. The second kappa shape index (κ2) is 10.2. The molecular weight excluding hydrogens is 460 g/mol. The van der Waals surface area contributed by atoms with Crippen LogP contribution in [0, 0.1) is 12.8 Å². The van der Waals surface area contributed by atoms with Gasteiger partial charge in [0, 0.05) is 38.1 Å². The number of hydrogen-bond acceptors (Lipinski definition) is 3. The van der Waals surface area contributed by atoms with Crippen molar-refractivity contribution in [1.29, 1.82) is 0 Å². The number of anilines is 1. The van der Waals surface area contributed by atoms with Crippen LogP contribution < -0.4 is 10.2 Å². The summed E-state index contributed by atoms with van der Waals surface area (Å²) in [5, 5.41) is 8.12. The molecule has 1 unspecified atom stereocenters. The molecule has 0 bridgehead atoms. The summed E-state index contributed by atoms with van der Waals surface area (Å²) in [5.41, 5.74) is 6.20. The number of urea groups is 1. The molecule has 5 rings (SSSR count). The summed E-state index contributed by atoms with van der Waals surface area (Å²) in [6.45, 7) is 7.49. The van der Waals surface area contributed by atoms with Crippen LogP contribution in [0.5, 0.6) is 0 Å². The van der Waals surface area contributed by atoms with Crippen LogP contribution in [0.25, 0.3) is 11.5 Å². The predicted molar refractivity (Wildman–Crippen MR) is 149 cm³/mol. The average molecular weight is 497 g/mol. The molecule has 0 aliphatic carbocycles. The molecule has 1 atom stereocenters. The van der Waals surface area contributed by atoms with Crippen LogP contribution in [0.1, 0.15) is 48.8 Å². The maximum atomic E-state index is 13.8. The Morgan fingerprint density at radius 1 is 1.05 bits per heavy atom. The Kier molecular flexibility index (Phi) is 6.78. The summed E-state index contributed by atoms with van der Waals surface area (Å²) in [6.07, 6.45) is 3.02. The van der Waals surface area contributed by atoms with Crippen molar-refractivity contribution in [3.8, 4) is 11.5 Å². The SMILES string of the molecule is Cc1nn(-c2ccccc2)c2c1CN(C(=O)NCCC(C)C)C(c1ccc(N(C)C)cc1)c1cccn1-2. The highest BCUT2D eigenvalue weighted by Gasteiger charge is 2.35. The van der Waals surface area contributed by atoms with E-state index in [0.717, 1.165) is 46.1 Å². The molecule has 0 spiro atoms. The van der Waals surface area contributed by atoms with Gasteiger partial charge in [-0.15, -0.1) is 0 Å². The van der Waals surface area contributed by atoms with E-state index in [9.17, 15) is 4.79 Å². The zero-order valence-corrected chi connectivity index (χ0v) is 22.3. The number of carbonyl (C=O) groups excluding carboxylic acids is 1. The van der Waals surface area contributed by atoms with E-state index in [2.05, 4.69) is 83.4 Å². The highest BCUT2D eigenvalue weighted by Crippen LogP contribution is 2.38. The lowest BCUT2D eigenvalue weighted by atomic mass is 10.0. The van der Waals surface area contributed by atoms with Crippen LogP contribution in [-0.4, -0.2) is 45.9 Å². The van der Waals surface area contributed by atoms with E-state index in [0.29, 0.717) is 19.0 Å². The van der Waals surface area contributed by atoms with Crippen LogP contribution in [0.2, 0.25) is 0 Å². The van der Waals surface area contributed by atoms with Gasteiger partial charge in [0.05, 0.1) is 29.7 Å². The quantitative estimate of drug-likeness (QED) is 0.373. The third-order valence-electron chi connectivity index (χ3n) is 7.07. The number of hydrogen-bond donors (Lipinski definition) is 1. The number of aryl methyl sites for hydroxylation is 1. The van der Waals surface area contributed by atoms with Gasteiger partial charge in [-0.3, -0.25) is 0 Å². The number of fused-ring (bicyclic) bond motifs is 3. The molecule has 1 N–H and O–H groups in total. The minimum Gasteiger partial charge on any atom is -0.378 e. The van der Waals surface area contributed by atoms with Crippen LogP contribution in [0.4, 0.5) is 10.5 Å². The van der Waals surface area contributed by atoms with Gasteiger partial charge < -0.3 is 19.7 Å². The fourth-order valence-corrected chi connectivity index (χ4v) is 5.02. The third-order valence-corrected chi connectivity index (χ3v) is 7.07. The second-order valence-electron chi connectivity index (χ2n) is 10.4. The van der Waals surface area contributed by atoms with Crippen LogP contribution in [0.15, 0.2) is 72.9 Å². The lowest BCUT2D eigenvalue weighted by molar-refractivity contribution is 0.180. The van der Waals surface area contributed by atoms with Gasteiger partial charge in [0.1, 0.15) is 5.82 Å². The molecule has 192 valence electrons. The van der Waals surface area contributed by atoms with Gasteiger partial charge in [0.15, 0.2) is 0 Å². The maximum absolute atomic E-state index is 13.8. The van der Waals surface area contributed by atoms with E-state index in [1.54, 1.807) is 0 Å². The van der Waals surface area contributed by atoms with Crippen LogP contribution in [-0.2, 0) is 6.54 Å². The standard InChI is InChI=1S/C30H36N6O/c1-21(2)17-18-31-30(37)35-20-26-22(3)32-36(25-10-7-6-8-11-25)29(26)34-19-9-12-27(34)28(35)23-13-15-24(16-14-23)33(4)5/h6-16,19,21,28H,17-18,20H2,1-5H3,(H,31,37). The monoisotopic (exact) mass is 496 g/mol. The molecule has 3 heterocycles. The summed E-state index contributed by atoms with van der Waals surface area (Å²) in [4.78, 5) is 17.8. The van der Waals surface area contributed by atoms with E-state index < -0.39 is 0 Å². The van der Waals surface area contributed by atoms with Gasteiger partial charge in [-0.05, 0) is 61.2 Å². The lowest BCUT2D eigenvalue weighted by Crippen LogP contribution is -2.42. The molecule has 0 radical (unpaired) electrons. The first-order valence-electron chi connectivity index (χ1n) is 13.0. The number of rotatable bonds is 6. The van der Waals surface area contributed by atoms with Crippen molar-refractivity contribution < 1.29 is 4.79 Å². The van der Waals surface area contributed by atoms with Crippen molar-refractivity contribution in [2.45, 2.75) is 39.8 Å². The molecule has 0 fully saturated rings. The molecular formula is C30H36N6O. The molecule has 0 saturated heterocycles. The number of nitrogens with one attached hydrogen (secondary N) is 1. The Labute approximate surface area is 219 Å². The highest BCUT2D eigenvalue weighted by molar-refractivity contribution is 5.76. The minimum absolute atomic E-state index is 0.0604. The summed E-state index contributed by atoms with van der Waals surface area (Å²) in [6, 6.07) is 22.6. The lowest BCUT2D eigenvalue weighted by Gasteiger charge is -2.31. The van der Waals surface area contributed by atoms with E-state index in [4.69, 9.17) is 5.10 Å². The Hall–Kier alpha value is -4.00.